The van der Waals surface area contributed by atoms with Crippen molar-refractivity contribution in [1.82, 2.24) is 4.98 Å². The number of ether oxygens (including phenoxy) is 1. The molecule has 4 nitrogen and oxygen atoms in total. The highest BCUT2D eigenvalue weighted by atomic mass is 35.5. The lowest BCUT2D eigenvalue weighted by Crippen LogP contribution is -2.13. The maximum absolute atomic E-state index is 13.6. The molecule has 0 atom stereocenters. The van der Waals surface area contributed by atoms with Crippen LogP contribution >= 0.6 is 22.9 Å². The van der Waals surface area contributed by atoms with E-state index in [1.54, 1.807) is 12.1 Å². The van der Waals surface area contributed by atoms with Crippen LogP contribution in [-0.4, -0.2) is 18.0 Å². The molecular weight excluding hydrogens is 346 g/mol. The van der Waals surface area contributed by atoms with E-state index in [0.717, 1.165) is 23.5 Å². The summed E-state index contributed by atoms with van der Waals surface area (Å²) in [6.07, 6.45) is 0. The molecule has 1 heterocycles. The van der Waals surface area contributed by atoms with Crippen LogP contribution in [0.15, 0.2) is 30.3 Å². The third kappa shape index (κ3) is 3.11. The number of rotatable bonds is 3. The van der Waals surface area contributed by atoms with Gasteiger partial charge in [0, 0.05) is 11.1 Å². The molecule has 3 aromatic rings. The standard InChI is InChI=1S/C15H9ClF2N2O2S/c1-22-11-3-2-7(16)4-9(11)14(21)20-15-19-13-10(18)5-8(17)6-12(13)23-15/h2-6H,1H3,(H,19,20,21). The van der Waals surface area contributed by atoms with Gasteiger partial charge in [0.15, 0.2) is 10.9 Å². The van der Waals surface area contributed by atoms with Gasteiger partial charge in [0.25, 0.3) is 5.91 Å². The van der Waals surface area contributed by atoms with Gasteiger partial charge < -0.3 is 4.74 Å². The van der Waals surface area contributed by atoms with Gasteiger partial charge in [0.1, 0.15) is 17.1 Å². The van der Waals surface area contributed by atoms with Gasteiger partial charge in [-0.05, 0) is 24.3 Å². The van der Waals surface area contributed by atoms with Gasteiger partial charge in [0.2, 0.25) is 0 Å². The zero-order valence-electron chi connectivity index (χ0n) is 11.7. The number of amides is 1. The normalized spacial score (nSPS) is 10.8. The minimum Gasteiger partial charge on any atom is -0.496 e. The predicted molar refractivity (Wildman–Crippen MR) is 85.5 cm³/mol. The van der Waals surface area contributed by atoms with E-state index in [-0.39, 0.29) is 16.2 Å². The summed E-state index contributed by atoms with van der Waals surface area (Å²) in [4.78, 5) is 16.3. The Morgan fingerprint density at radius 1 is 1.30 bits per heavy atom. The highest BCUT2D eigenvalue weighted by Gasteiger charge is 2.16. The monoisotopic (exact) mass is 354 g/mol. The van der Waals surface area contributed by atoms with Gasteiger partial charge in [-0.15, -0.1) is 0 Å². The summed E-state index contributed by atoms with van der Waals surface area (Å²) >= 11 is 6.85. The van der Waals surface area contributed by atoms with Crippen LogP contribution in [0.5, 0.6) is 5.75 Å². The molecule has 2 aromatic carbocycles. The zero-order chi connectivity index (χ0) is 16.6. The van der Waals surface area contributed by atoms with E-state index in [9.17, 15) is 13.6 Å². The van der Waals surface area contributed by atoms with E-state index >= 15 is 0 Å². The largest absolute Gasteiger partial charge is 0.496 e. The van der Waals surface area contributed by atoms with Crippen LogP contribution in [0.2, 0.25) is 5.02 Å². The molecule has 118 valence electrons. The number of fused-ring (bicyclic) bond motifs is 1. The molecule has 0 saturated carbocycles. The summed E-state index contributed by atoms with van der Waals surface area (Å²) in [5, 5.41) is 3.06. The summed E-state index contributed by atoms with van der Waals surface area (Å²) in [5.41, 5.74) is 0.218. The van der Waals surface area contributed by atoms with Crippen LogP contribution in [0, 0.1) is 11.6 Å². The summed E-state index contributed by atoms with van der Waals surface area (Å²) in [6.45, 7) is 0. The lowest BCUT2D eigenvalue weighted by molar-refractivity contribution is 0.102. The van der Waals surface area contributed by atoms with E-state index < -0.39 is 17.5 Å². The second kappa shape index (κ2) is 6.10. The minimum atomic E-state index is -0.780. The van der Waals surface area contributed by atoms with Crippen molar-refractivity contribution in [3.8, 4) is 5.75 Å². The molecule has 0 unspecified atom stereocenters. The molecule has 0 bridgehead atoms. The van der Waals surface area contributed by atoms with Crippen LogP contribution in [0.25, 0.3) is 10.2 Å². The number of aromatic nitrogens is 1. The summed E-state index contributed by atoms with van der Waals surface area (Å²) in [6, 6.07) is 6.50. The SMILES string of the molecule is COc1ccc(Cl)cc1C(=O)Nc1nc2c(F)cc(F)cc2s1. The number of hydrogen-bond acceptors (Lipinski definition) is 4. The highest BCUT2D eigenvalue weighted by Crippen LogP contribution is 2.30. The van der Waals surface area contributed by atoms with Gasteiger partial charge in [-0.1, -0.05) is 22.9 Å². The fraction of sp³-hybridized carbons (Fsp3) is 0.0667. The first-order chi connectivity index (χ1) is 11.0. The van der Waals surface area contributed by atoms with Crippen LogP contribution in [0.3, 0.4) is 0 Å². The fourth-order valence-corrected chi connectivity index (χ4v) is 3.11. The molecule has 0 radical (unpaired) electrons. The number of anilines is 1. The number of carbonyl (C=O) groups excluding carboxylic acids is 1. The smallest absolute Gasteiger partial charge is 0.261 e. The topological polar surface area (TPSA) is 51.2 Å². The number of methoxy groups -OCH3 is 1. The Morgan fingerprint density at radius 2 is 2.09 bits per heavy atom. The van der Waals surface area contributed by atoms with Crippen LogP contribution in [-0.2, 0) is 0 Å². The van der Waals surface area contributed by atoms with Gasteiger partial charge in [0.05, 0.1) is 17.4 Å². The maximum Gasteiger partial charge on any atom is 0.261 e. The molecule has 3 rings (SSSR count). The highest BCUT2D eigenvalue weighted by molar-refractivity contribution is 7.22. The van der Waals surface area contributed by atoms with Crippen LogP contribution < -0.4 is 10.1 Å². The molecule has 1 aromatic heterocycles. The number of nitrogens with one attached hydrogen (secondary N) is 1. The minimum absolute atomic E-state index is 0.00441. The quantitative estimate of drug-likeness (QED) is 0.754. The van der Waals surface area contributed by atoms with Crippen molar-refractivity contribution in [2.24, 2.45) is 0 Å². The first-order valence-electron chi connectivity index (χ1n) is 6.38. The number of benzene rings is 2. The summed E-state index contributed by atoms with van der Waals surface area (Å²) in [5.74, 6) is -1.65. The van der Waals surface area contributed by atoms with Gasteiger partial charge in [-0.3, -0.25) is 10.1 Å². The molecule has 8 heteroatoms. The second-order valence-electron chi connectivity index (χ2n) is 4.55. The Morgan fingerprint density at radius 3 is 2.83 bits per heavy atom. The first-order valence-corrected chi connectivity index (χ1v) is 7.58. The average molecular weight is 355 g/mol. The molecule has 1 N–H and O–H groups in total. The van der Waals surface area contributed by atoms with E-state index in [1.807, 2.05) is 0 Å². The van der Waals surface area contributed by atoms with E-state index in [1.165, 1.54) is 13.2 Å². The molecule has 23 heavy (non-hydrogen) atoms. The lowest BCUT2D eigenvalue weighted by atomic mass is 10.2. The molecule has 0 aliphatic carbocycles. The van der Waals surface area contributed by atoms with E-state index in [0.29, 0.717) is 15.5 Å². The molecule has 0 saturated heterocycles. The summed E-state index contributed by atoms with van der Waals surface area (Å²) < 4.78 is 32.3. The Balaban J connectivity index is 1.94. The van der Waals surface area contributed by atoms with Crippen LogP contribution in [0.4, 0.5) is 13.9 Å². The molecule has 0 aliphatic rings. The summed E-state index contributed by atoms with van der Waals surface area (Å²) in [7, 11) is 1.43. The maximum atomic E-state index is 13.6. The van der Waals surface area contributed by atoms with Gasteiger partial charge >= 0.3 is 0 Å². The molecule has 1 amide bonds. The molecule has 0 fully saturated rings. The third-order valence-electron chi connectivity index (χ3n) is 3.04. The van der Waals surface area contributed by atoms with Crippen molar-refractivity contribution >= 4 is 44.2 Å². The molecular formula is C15H9ClF2N2O2S. The lowest BCUT2D eigenvalue weighted by Gasteiger charge is -2.08. The van der Waals surface area contributed by atoms with Crippen molar-refractivity contribution in [1.29, 1.82) is 0 Å². The van der Waals surface area contributed by atoms with Crippen molar-refractivity contribution in [2.45, 2.75) is 0 Å². The van der Waals surface area contributed by atoms with Gasteiger partial charge in [-0.2, -0.15) is 0 Å². The van der Waals surface area contributed by atoms with Crippen molar-refractivity contribution in [3.63, 3.8) is 0 Å². The number of carbonyl (C=O) groups is 1. The van der Waals surface area contributed by atoms with E-state index in [2.05, 4.69) is 10.3 Å². The predicted octanol–water partition coefficient (Wildman–Crippen LogP) is 4.49. The Labute approximate surface area is 138 Å². The molecule has 0 aliphatic heterocycles. The number of halogens is 3. The van der Waals surface area contributed by atoms with Crippen molar-refractivity contribution < 1.29 is 18.3 Å². The second-order valence-corrected chi connectivity index (χ2v) is 6.02. The third-order valence-corrected chi connectivity index (χ3v) is 4.19. The Hall–Kier alpha value is -2.25. The average Bonchev–Trinajstić information content (AvgIpc) is 2.89. The Bertz CT molecular complexity index is 914. The van der Waals surface area contributed by atoms with Crippen molar-refractivity contribution in [3.05, 3.63) is 52.6 Å². The van der Waals surface area contributed by atoms with Gasteiger partial charge in [-0.25, -0.2) is 13.8 Å². The molecule has 0 spiro atoms. The number of hydrogen-bond donors (Lipinski definition) is 1. The van der Waals surface area contributed by atoms with Crippen LogP contribution in [0.1, 0.15) is 10.4 Å². The number of thiazole rings is 1. The fourth-order valence-electron chi connectivity index (χ4n) is 2.03. The first kappa shape index (κ1) is 15.6. The zero-order valence-corrected chi connectivity index (χ0v) is 13.3. The van der Waals surface area contributed by atoms with E-state index in [4.69, 9.17) is 16.3 Å². The Kier molecular flexibility index (Phi) is 4.14. The number of nitrogens with zero attached hydrogens (tertiary/aromatic N) is 1. The van der Waals surface area contributed by atoms with Crippen molar-refractivity contribution in [2.75, 3.05) is 12.4 Å².